The minimum atomic E-state index is -3.40. The summed E-state index contributed by atoms with van der Waals surface area (Å²) < 4.78 is 33.7. The largest absolute Gasteiger partial charge is 0.490 e. The number of para-hydroxylation sites is 2. The predicted molar refractivity (Wildman–Crippen MR) is 83.2 cm³/mol. The second-order valence-corrected chi connectivity index (χ2v) is 7.12. The smallest absolute Gasteiger partial charge is 0.279 e. The van der Waals surface area contributed by atoms with E-state index in [1.165, 1.54) is 4.31 Å². The van der Waals surface area contributed by atoms with Crippen LogP contribution in [0, 0.1) is 5.92 Å². The Kier molecular flexibility index (Phi) is 5.44. The van der Waals surface area contributed by atoms with Gasteiger partial charge in [-0.2, -0.15) is 17.4 Å². The van der Waals surface area contributed by atoms with E-state index in [0.717, 1.165) is 12.8 Å². The molecule has 0 amide bonds. The van der Waals surface area contributed by atoms with E-state index in [9.17, 15) is 8.42 Å². The standard InChI is InChI=1S/C14H23N3O3S/c1-12-6-9-17(10-7-12)21(18,19)16-8-11-20-14-5-3-2-4-13(14)15/h2-5,12,16H,6-11,15H2,1H3. The number of hydrogen-bond donors (Lipinski definition) is 2. The molecule has 1 saturated heterocycles. The molecule has 1 fully saturated rings. The zero-order valence-electron chi connectivity index (χ0n) is 12.3. The van der Waals surface area contributed by atoms with Gasteiger partial charge in [-0.15, -0.1) is 0 Å². The molecule has 0 saturated carbocycles. The van der Waals surface area contributed by atoms with E-state index >= 15 is 0 Å². The molecule has 2 rings (SSSR count). The van der Waals surface area contributed by atoms with Gasteiger partial charge in [-0.25, -0.2) is 0 Å². The zero-order chi connectivity index (χ0) is 15.3. The van der Waals surface area contributed by atoms with Crippen LogP contribution in [-0.4, -0.2) is 39.0 Å². The summed E-state index contributed by atoms with van der Waals surface area (Å²) in [5.41, 5.74) is 6.29. The molecule has 1 heterocycles. The van der Waals surface area contributed by atoms with E-state index in [0.29, 0.717) is 30.4 Å². The van der Waals surface area contributed by atoms with Gasteiger partial charge in [-0.3, -0.25) is 0 Å². The first-order chi connectivity index (χ1) is 9.99. The van der Waals surface area contributed by atoms with Gasteiger partial charge in [0.2, 0.25) is 0 Å². The number of rotatable bonds is 6. The van der Waals surface area contributed by atoms with Gasteiger partial charge in [-0.1, -0.05) is 19.1 Å². The van der Waals surface area contributed by atoms with Crippen molar-refractivity contribution in [3.05, 3.63) is 24.3 Å². The van der Waals surface area contributed by atoms with Crippen molar-refractivity contribution in [3.8, 4) is 5.75 Å². The molecule has 0 radical (unpaired) electrons. The fraction of sp³-hybridized carbons (Fsp3) is 0.571. The summed E-state index contributed by atoms with van der Waals surface area (Å²) in [7, 11) is -3.40. The fourth-order valence-corrected chi connectivity index (χ4v) is 3.48. The van der Waals surface area contributed by atoms with E-state index in [1.54, 1.807) is 12.1 Å². The number of piperidine rings is 1. The van der Waals surface area contributed by atoms with Gasteiger partial charge in [0.15, 0.2) is 0 Å². The first kappa shape index (κ1) is 16.1. The quantitative estimate of drug-likeness (QED) is 0.611. The lowest BCUT2D eigenvalue weighted by Gasteiger charge is -2.29. The molecule has 7 heteroatoms. The highest BCUT2D eigenvalue weighted by Crippen LogP contribution is 2.20. The third kappa shape index (κ3) is 4.59. The van der Waals surface area contributed by atoms with Gasteiger partial charge in [0.25, 0.3) is 10.2 Å². The van der Waals surface area contributed by atoms with E-state index in [4.69, 9.17) is 10.5 Å². The predicted octanol–water partition coefficient (Wildman–Crippen LogP) is 1.21. The van der Waals surface area contributed by atoms with Crippen LogP contribution in [-0.2, 0) is 10.2 Å². The Morgan fingerprint density at radius 1 is 1.33 bits per heavy atom. The molecule has 1 aromatic rings. The second-order valence-electron chi connectivity index (χ2n) is 5.37. The lowest BCUT2D eigenvalue weighted by molar-refractivity contribution is 0.281. The van der Waals surface area contributed by atoms with Crippen LogP contribution >= 0.6 is 0 Å². The molecule has 3 N–H and O–H groups in total. The summed E-state index contributed by atoms with van der Waals surface area (Å²) in [5, 5.41) is 0. The lowest BCUT2D eigenvalue weighted by Crippen LogP contribution is -2.45. The molecule has 0 bridgehead atoms. The maximum Gasteiger partial charge on any atom is 0.279 e. The Bertz CT molecular complexity index is 554. The number of hydrogen-bond acceptors (Lipinski definition) is 4. The molecular formula is C14H23N3O3S. The average molecular weight is 313 g/mol. The maximum absolute atomic E-state index is 12.1. The third-order valence-electron chi connectivity index (χ3n) is 3.65. The number of nitrogen functional groups attached to an aromatic ring is 1. The highest BCUT2D eigenvalue weighted by atomic mass is 32.2. The van der Waals surface area contributed by atoms with Crippen LogP contribution in [0.5, 0.6) is 5.75 Å². The Morgan fingerprint density at radius 3 is 2.67 bits per heavy atom. The second kappa shape index (κ2) is 7.11. The minimum absolute atomic E-state index is 0.225. The van der Waals surface area contributed by atoms with Crippen LogP contribution in [0.4, 0.5) is 5.69 Å². The van der Waals surface area contributed by atoms with E-state index in [2.05, 4.69) is 11.6 Å². The van der Waals surface area contributed by atoms with Crippen molar-refractivity contribution >= 4 is 15.9 Å². The van der Waals surface area contributed by atoms with Gasteiger partial charge in [0.1, 0.15) is 12.4 Å². The van der Waals surface area contributed by atoms with Crippen molar-refractivity contribution in [2.24, 2.45) is 5.92 Å². The molecule has 1 aliphatic heterocycles. The van der Waals surface area contributed by atoms with E-state index < -0.39 is 10.2 Å². The average Bonchev–Trinajstić information content (AvgIpc) is 2.46. The van der Waals surface area contributed by atoms with Gasteiger partial charge in [-0.05, 0) is 30.9 Å². The van der Waals surface area contributed by atoms with Crippen LogP contribution < -0.4 is 15.2 Å². The van der Waals surface area contributed by atoms with Crippen LogP contribution in [0.15, 0.2) is 24.3 Å². The van der Waals surface area contributed by atoms with Crippen molar-refractivity contribution in [1.29, 1.82) is 0 Å². The normalized spacial score (nSPS) is 17.8. The van der Waals surface area contributed by atoms with Crippen LogP contribution in [0.2, 0.25) is 0 Å². The number of nitrogens with two attached hydrogens (primary N) is 1. The summed E-state index contributed by atoms with van der Waals surface area (Å²) >= 11 is 0. The summed E-state index contributed by atoms with van der Waals surface area (Å²) in [6.45, 7) is 3.79. The monoisotopic (exact) mass is 313 g/mol. The first-order valence-corrected chi connectivity index (χ1v) is 8.65. The van der Waals surface area contributed by atoms with Crippen molar-refractivity contribution in [3.63, 3.8) is 0 Å². The number of anilines is 1. The highest BCUT2D eigenvalue weighted by Gasteiger charge is 2.25. The van der Waals surface area contributed by atoms with Crippen molar-refractivity contribution in [1.82, 2.24) is 9.03 Å². The minimum Gasteiger partial charge on any atom is -0.490 e. The lowest BCUT2D eigenvalue weighted by atomic mass is 10.0. The number of benzene rings is 1. The van der Waals surface area contributed by atoms with Crippen LogP contribution in [0.3, 0.4) is 0 Å². The van der Waals surface area contributed by atoms with Gasteiger partial charge < -0.3 is 10.5 Å². The number of nitrogens with zero attached hydrogens (tertiary/aromatic N) is 1. The molecule has 6 nitrogen and oxygen atoms in total. The fourth-order valence-electron chi connectivity index (χ4n) is 2.26. The van der Waals surface area contributed by atoms with E-state index in [-0.39, 0.29) is 13.2 Å². The molecule has 1 aliphatic rings. The molecule has 0 aliphatic carbocycles. The Labute approximate surface area is 126 Å². The van der Waals surface area contributed by atoms with Crippen molar-refractivity contribution in [2.45, 2.75) is 19.8 Å². The molecule has 0 atom stereocenters. The zero-order valence-corrected chi connectivity index (χ0v) is 13.1. The molecule has 0 aromatic heterocycles. The van der Waals surface area contributed by atoms with Crippen LogP contribution in [0.25, 0.3) is 0 Å². The maximum atomic E-state index is 12.1. The summed E-state index contributed by atoms with van der Waals surface area (Å²) in [6, 6.07) is 7.15. The first-order valence-electron chi connectivity index (χ1n) is 7.21. The van der Waals surface area contributed by atoms with Gasteiger partial charge in [0.05, 0.1) is 5.69 Å². The number of nitrogens with one attached hydrogen (secondary N) is 1. The van der Waals surface area contributed by atoms with Crippen molar-refractivity contribution < 1.29 is 13.2 Å². The summed E-state index contributed by atoms with van der Waals surface area (Å²) in [5.74, 6) is 1.17. The highest BCUT2D eigenvalue weighted by molar-refractivity contribution is 7.87. The molecule has 0 unspecified atom stereocenters. The molecular weight excluding hydrogens is 290 g/mol. The molecule has 0 spiro atoms. The van der Waals surface area contributed by atoms with Gasteiger partial charge >= 0.3 is 0 Å². The summed E-state index contributed by atoms with van der Waals surface area (Å²) in [6.07, 6.45) is 1.83. The van der Waals surface area contributed by atoms with Crippen LogP contribution in [0.1, 0.15) is 19.8 Å². The molecule has 118 valence electrons. The number of ether oxygens (including phenoxy) is 1. The Hall–Kier alpha value is -1.31. The topological polar surface area (TPSA) is 84.7 Å². The SMILES string of the molecule is CC1CCN(S(=O)(=O)NCCOc2ccccc2N)CC1. The Balaban J connectivity index is 1.76. The van der Waals surface area contributed by atoms with Crippen molar-refractivity contribution in [2.75, 3.05) is 32.0 Å². The van der Waals surface area contributed by atoms with E-state index in [1.807, 2.05) is 12.1 Å². The van der Waals surface area contributed by atoms with Gasteiger partial charge in [0, 0.05) is 19.6 Å². The molecule has 1 aromatic carbocycles. The molecule has 21 heavy (non-hydrogen) atoms. The Morgan fingerprint density at radius 2 is 2.00 bits per heavy atom. The summed E-state index contributed by atoms with van der Waals surface area (Å²) in [4.78, 5) is 0. The third-order valence-corrected chi connectivity index (χ3v) is 5.26.